The fourth-order valence-electron chi connectivity index (χ4n) is 4.56. The number of benzene rings is 3. The molecule has 0 bridgehead atoms. The standard InChI is InChI=1S/C26H28F3N3O/c1-2-30-25(33)24-14-22(31-15-18-7-5-11-21(13-18)26(27,28)29)17-32(24)16-20-10-6-9-19-8-3-4-12-23(19)20/h3-13,22,24,31H,2,14-17H2,1H3,(H,30,33)/t22-,24+/m1/s1. The van der Waals surface area contributed by atoms with E-state index in [4.69, 9.17) is 0 Å². The van der Waals surface area contributed by atoms with E-state index in [2.05, 4.69) is 39.8 Å². The third-order valence-electron chi connectivity index (χ3n) is 6.16. The number of halogens is 3. The summed E-state index contributed by atoms with van der Waals surface area (Å²) in [6.45, 7) is 4.04. The monoisotopic (exact) mass is 455 g/mol. The van der Waals surface area contributed by atoms with E-state index < -0.39 is 11.7 Å². The van der Waals surface area contributed by atoms with E-state index in [0.29, 0.717) is 38.2 Å². The summed E-state index contributed by atoms with van der Waals surface area (Å²) in [5.74, 6) is -0.0129. The Kier molecular flexibility index (Phi) is 7.00. The number of hydrogen-bond acceptors (Lipinski definition) is 3. The molecule has 0 radical (unpaired) electrons. The molecule has 0 unspecified atom stereocenters. The van der Waals surface area contributed by atoms with Crippen LogP contribution in [-0.2, 0) is 24.1 Å². The Hall–Kier alpha value is -2.90. The second kappa shape index (κ2) is 9.93. The average Bonchev–Trinajstić information content (AvgIpc) is 3.20. The molecule has 33 heavy (non-hydrogen) atoms. The molecule has 1 fully saturated rings. The molecular formula is C26H28F3N3O. The normalized spacial score (nSPS) is 19.2. The Morgan fingerprint density at radius 3 is 2.61 bits per heavy atom. The smallest absolute Gasteiger partial charge is 0.355 e. The summed E-state index contributed by atoms with van der Waals surface area (Å²) in [7, 11) is 0. The Labute approximate surface area is 191 Å². The Bertz CT molecular complexity index is 1110. The molecule has 3 aromatic rings. The van der Waals surface area contributed by atoms with Crippen molar-refractivity contribution in [3.05, 3.63) is 83.4 Å². The minimum atomic E-state index is -4.36. The number of carbonyl (C=O) groups is 1. The summed E-state index contributed by atoms with van der Waals surface area (Å²) in [6.07, 6.45) is -3.75. The van der Waals surface area contributed by atoms with Crippen molar-refractivity contribution in [1.82, 2.24) is 15.5 Å². The predicted octanol–water partition coefficient (Wildman–Crippen LogP) is 4.73. The fraction of sp³-hybridized carbons (Fsp3) is 0.346. The summed E-state index contributed by atoms with van der Waals surface area (Å²) in [5, 5.41) is 8.61. The molecule has 0 spiro atoms. The van der Waals surface area contributed by atoms with Gasteiger partial charge in [-0.3, -0.25) is 9.69 Å². The van der Waals surface area contributed by atoms with Gasteiger partial charge in [0, 0.05) is 32.2 Å². The first kappa shape index (κ1) is 23.3. The van der Waals surface area contributed by atoms with Crippen LogP contribution in [-0.4, -0.2) is 36.0 Å². The van der Waals surface area contributed by atoms with E-state index >= 15 is 0 Å². The van der Waals surface area contributed by atoms with Crippen LogP contribution < -0.4 is 10.6 Å². The van der Waals surface area contributed by atoms with E-state index in [-0.39, 0.29) is 18.0 Å². The molecule has 1 aliphatic heterocycles. The largest absolute Gasteiger partial charge is 0.416 e. The quantitative estimate of drug-likeness (QED) is 0.542. The zero-order chi connectivity index (χ0) is 23.4. The SMILES string of the molecule is CCNC(=O)[C@@H]1C[C@@H](NCc2cccc(C(F)(F)F)c2)CN1Cc1cccc2ccccc12. The number of fused-ring (bicyclic) bond motifs is 1. The van der Waals surface area contributed by atoms with Gasteiger partial charge in [0.05, 0.1) is 11.6 Å². The number of nitrogens with one attached hydrogen (secondary N) is 2. The van der Waals surface area contributed by atoms with Crippen molar-refractivity contribution in [2.45, 2.75) is 44.7 Å². The molecule has 2 atom stereocenters. The van der Waals surface area contributed by atoms with Crippen molar-refractivity contribution in [2.24, 2.45) is 0 Å². The highest BCUT2D eigenvalue weighted by molar-refractivity contribution is 5.86. The van der Waals surface area contributed by atoms with Gasteiger partial charge in [0.2, 0.25) is 5.91 Å². The lowest BCUT2D eigenvalue weighted by Crippen LogP contribution is -2.42. The second-order valence-corrected chi connectivity index (χ2v) is 8.49. The molecule has 4 rings (SSSR count). The summed E-state index contributed by atoms with van der Waals surface area (Å²) >= 11 is 0. The third kappa shape index (κ3) is 5.54. The molecule has 1 amide bonds. The van der Waals surface area contributed by atoms with E-state index in [1.165, 1.54) is 12.1 Å². The Morgan fingerprint density at radius 1 is 1.06 bits per heavy atom. The lowest BCUT2D eigenvalue weighted by molar-refractivity contribution is -0.137. The van der Waals surface area contributed by atoms with Crippen LogP contribution in [0.4, 0.5) is 13.2 Å². The van der Waals surface area contributed by atoms with Crippen LogP contribution in [0.15, 0.2) is 66.7 Å². The van der Waals surface area contributed by atoms with Gasteiger partial charge in [-0.05, 0) is 41.3 Å². The lowest BCUT2D eigenvalue weighted by Gasteiger charge is -2.24. The molecule has 1 saturated heterocycles. The second-order valence-electron chi connectivity index (χ2n) is 8.49. The number of likely N-dealkylation sites (tertiary alicyclic amines) is 1. The minimum absolute atomic E-state index is 0.00197. The van der Waals surface area contributed by atoms with Crippen molar-refractivity contribution in [2.75, 3.05) is 13.1 Å². The van der Waals surface area contributed by atoms with Gasteiger partial charge in [-0.2, -0.15) is 13.2 Å². The highest BCUT2D eigenvalue weighted by atomic mass is 19.4. The Morgan fingerprint density at radius 2 is 1.82 bits per heavy atom. The van der Waals surface area contributed by atoms with Gasteiger partial charge in [-0.25, -0.2) is 0 Å². The van der Waals surface area contributed by atoms with Gasteiger partial charge in [0.25, 0.3) is 0 Å². The van der Waals surface area contributed by atoms with Gasteiger partial charge in [-0.15, -0.1) is 0 Å². The maximum atomic E-state index is 13.0. The summed E-state index contributed by atoms with van der Waals surface area (Å²) in [4.78, 5) is 14.9. The molecule has 3 aromatic carbocycles. The van der Waals surface area contributed by atoms with Crippen LogP contribution in [0, 0.1) is 0 Å². The molecule has 0 saturated carbocycles. The minimum Gasteiger partial charge on any atom is -0.355 e. The molecule has 0 aliphatic carbocycles. The van der Waals surface area contributed by atoms with Gasteiger partial charge in [0.1, 0.15) is 0 Å². The summed E-state index contributed by atoms with van der Waals surface area (Å²) < 4.78 is 39.1. The molecule has 0 aromatic heterocycles. The number of alkyl halides is 3. The van der Waals surface area contributed by atoms with E-state index in [9.17, 15) is 18.0 Å². The van der Waals surface area contributed by atoms with Crippen LogP contribution >= 0.6 is 0 Å². The molecule has 7 heteroatoms. The van der Waals surface area contributed by atoms with Crippen LogP contribution in [0.2, 0.25) is 0 Å². The van der Waals surface area contributed by atoms with Gasteiger partial charge in [0.15, 0.2) is 0 Å². The predicted molar refractivity (Wildman–Crippen MR) is 124 cm³/mol. The maximum Gasteiger partial charge on any atom is 0.416 e. The van der Waals surface area contributed by atoms with Gasteiger partial charge < -0.3 is 10.6 Å². The van der Waals surface area contributed by atoms with Crippen molar-refractivity contribution < 1.29 is 18.0 Å². The van der Waals surface area contributed by atoms with Crippen molar-refractivity contribution in [3.8, 4) is 0 Å². The first-order chi connectivity index (χ1) is 15.8. The summed E-state index contributed by atoms with van der Waals surface area (Å²) in [6, 6.07) is 19.4. The number of carbonyl (C=O) groups excluding carboxylic acids is 1. The molecule has 1 heterocycles. The Balaban J connectivity index is 1.48. The van der Waals surface area contributed by atoms with Gasteiger partial charge in [-0.1, -0.05) is 60.7 Å². The first-order valence-electron chi connectivity index (χ1n) is 11.2. The summed E-state index contributed by atoms with van der Waals surface area (Å²) in [5.41, 5.74) is 1.08. The van der Waals surface area contributed by atoms with Crippen molar-refractivity contribution >= 4 is 16.7 Å². The van der Waals surface area contributed by atoms with E-state index in [1.54, 1.807) is 6.07 Å². The fourth-order valence-corrected chi connectivity index (χ4v) is 4.56. The zero-order valence-corrected chi connectivity index (χ0v) is 18.5. The van der Waals surface area contributed by atoms with Crippen LogP contribution in [0.5, 0.6) is 0 Å². The van der Waals surface area contributed by atoms with Crippen molar-refractivity contribution in [1.29, 1.82) is 0 Å². The topological polar surface area (TPSA) is 44.4 Å². The highest BCUT2D eigenvalue weighted by Crippen LogP contribution is 2.30. The number of amides is 1. The van der Waals surface area contributed by atoms with E-state index in [1.807, 2.05) is 25.1 Å². The van der Waals surface area contributed by atoms with Crippen LogP contribution in [0.3, 0.4) is 0 Å². The van der Waals surface area contributed by atoms with Crippen molar-refractivity contribution in [3.63, 3.8) is 0 Å². The molecule has 174 valence electrons. The number of hydrogen-bond donors (Lipinski definition) is 2. The number of likely N-dealkylation sites (N-methyl/N-ethyl adjacent to an activating group) is 1. The maximum absolute atomic E-state index is 13.0. The molecule has 4 nitrogen and oxygen atoms in total. The molecule has 1 aliphatic rings. The lowest BCUT2D eigenvalue weighted by atomic mass is 10.0. The van der Waals surface area contributed by atoms with Gasteiger partial charge >= 0.3 is 6.18 Å². The molecule has 2 N–H and O–H groups in total. The number of nitrogens with zero attached hydrogens (tertiary/aromatic N) is 1. The first-order valence-corrected chi connectivity index (χ1v) is 11.2. The molecular weight excluding hydrogens is 427 g/mol. The third-order valence-corrected chi connectivity index (χ3v) is 6.16. The van der Waals surface area contributed by atoms with Crippen LogP contribution in [0.25, 0.3) is 10.8 Å². The van der Waals surface area contributed by atoms with Crippen LogP contribution in [0.1, 0.15) is 30.0 Å². The van der Waals surface area contributed by atoms with E-state index in [0.717, 1.165) is 22.4 Å². The zero-order valence-electron chi connectivity index (χ0n) is 18.5. The average molecular weight is 456 g/mol. The highest BCUT2D eigenvalue weighted by Gasteiger charge is 2.36. The number of rotatable bonds is 7.